The van der Waals surface area contributed by atoms with Gasteiger partial charge < -0.3 is 8.99 Å². The zero-order valence-electron chi connectivity index (χ0n) is 16.5. The van der Waals surface area contributed by atoms with Crippen LogP contribution in [0.15, 0.2) is 30.6 Å². The molecule has 0 atom stereocenters. The van der Waals surface area contributed by atoms with Gasteiger partial charge in [-0.25, -0.2) is 4.98 Å². The van der Waals surface area contributed by atoms with Crippen molar-refractivity contribution >= 4 is 25.3 Å². The molecule has 0 spiro atoms. The number of imidazole rings is 1. The highest BCUT2D eigenvalue weighted by Crippen LogP contribution is 2.57. The lowest BCUT2D eigenvalue weighted by atomic mass is 10.3. The molecule has 2 aromatic rings. The second-order valence-electron chi connectivity index (χ2n) is 7.23. The largest absolute Gasteiger partial charge is 0.507 e. The SMILES string of the molecule is CCC(=O)O[Si](CCCn1cnc2ccccc21)(C1(CC)OO1)C1(CC)OO1. The van der Waals surface area contributed by atoms with Gasteiger partial charge in [-0.15, -0.1) is 0 Å². The number of benzene rings is 1. The van der Waals surface area contributed by atoms with Gasteiger partial charge in [-0.2, -0.15) is 19.6 Å². The molecule has 2 aliphatic rings. The molecule has 0 bridgehead atoms. The van der Waals surface area contributed by atoms with Crippen LogP contribution in [0.5, 0.6) is 0 Å². The highest BCUT2D eigenvalue weighted by Gasteiger charge is 2.85. The van der Waals surface area contributed by atoms with E-state index in [1.165, 1.54) is 0 Å². The Morgan fingerprint density at radius 3 is 2.32 bits per heavy atom. The van der Waals surface area contributed by atoms with Crippen molar-refractivity contribution < 1.29 is 28.8 Å². The number of aromatic nitrogens is 2. The molecule has 0 aliphatic carbocycles. The molecular weight excluding hydrogens is 380 g/mol. The molecule has 4 rings (SSSR count). The van der Waals surface area contributed by atoms with Gasteiger partial charge in [0.1, 0.15) is 0 Å². The topological polar surface area (TPSA) is 94.2 Å². The molecule has 28 heavy (non-hydrogen) atoms. The van der Waals surface area contributed by atoms with E-state index in [1.807, 2.05) is 44.4 Å². The molecule has 9 heteroatoms. The third-order valence-electron chi connectivity index (χ3n) is 5.76. The van der Waals surface area contributed by atoms with Gasteiger partial charge in [-0.1, -0.05) is 32.9 Å². The average molecular weight is 407 g/mol. The minimum atomic E-state index is -3.09. The van der Waals surface area contributed by atoms with Crippen molar-refractivity contribution in [3.8, 4) is 0 Å². The molecule has 2 fully saturated rings. The first-order valence-electron chi connectivity index (χ1n) is 9.90. The Labute approximate surface area is 164 Å². The molecule has 0 radical (unpaired) electrons. The van der Waals surface area contributed by atoms with Crippen LogP contribution in [0, 0.1) is 0 Å². The number of hydrogen-bond donors (Lipinski definition) is 0. The van der Waals surface area contributed by atoms with Crippen molar-refractivity contribution in [1.29, 1.82) is 0 Å². The molecule has 0 saturated carbocycles. The van der Waals surface area contributed by atoms with Crippen LogP contribution in [0.2, 0.25) is 6.04 Å². The van der Waals surface area contributed by atoms with E-state index >= 15 is 0 Å². The third kappa shape index (κ3) is 2.98. The summed E-state index contributed by atoms with van der Waals surface area (Å²) in [6.07, 6.45) is 4.01. The van der Waals surface area contributed by atoms with Gasteiger partial charge in [0.15, 0.2) is 0 Å². The average Bonchev–Trinajstić information content (AvgIpc) is 3.65. The molecular formula is C19H26N2O6Si. The van der Waals surface area contributed by atoms with Crippen LogP contribution in [-0.4, -0.2) is 34.7 Å². The molecule has 1 aromatic carbocycles. The summed E-state index contributed by atoms with van der Waals surface area (Å²) >= 11 is 0. The predicted octanol–water partition coefficient (Wildman–Crippen LogP) is 3.54. The summed E-state index contributed by atoms with van der Waals surface area (Å²) in [5.41, 5.74) is 0.206. The first-order chi connectivity index (χ1) is 13.6. The molecule has 0 unspecified atom stereocenters. The Bertz CT molecular complexity index is 841. The van der Waals surface area contributed by atoms with Gasteiger partial charge in [-0.3, -0.25) is 4.79 Å². The molecule has 8 nitrogen and oxygen atoms in total. The summed E-state index contributed by atoms with van der Waals surface area (Å²) in [5, 5.41) is 0. The minimum absolute atomic E-state index is 0.278. The van der Waals surface area contributed by atoms with E-state index < -0.39 is 19.1 Å². The molecule has 0 N–H and O–H groups in total. The molecule has 3 heterocycles. The standard InChI is InChI=1S/C19H26N2O6Si/c1-4-17(22)23-28(18(5-2)24-25-18,19(6-3)26-27-19)13-9-12-21-14-20-15-10-7-8-11-16(15)21/h7-8,10-11,14H,4-6,9,12-13H2,1-3H3. The van der Waals surface area contributed by atoms with E-state index in [2.05, 4.69) is 9.55 Å². The quantitative estimate of drug-likeness (QED) is 0.338. The van der Waals surface area contributed by atoms with Crippen LogP contribution < -0.4 is 0 Å². The van der Waals surface area contributed by atoms with Crippen molar-refractivity contribution in [2.24, 2.45) is 0 Å². The Kier molecular flexibility index (Phi) is 5.05. The van der Waals surface area contributed by atoms with Gasteiger partial charge in [0.25, 0.3) is 16.8 Å². The van der Waals surface area contributed by atoms with E-state index in [0.717, 1.165) is 24.0 Å². The summed E-state index contributed by atoms with van der Waals surface area (Å²) in [4.78, 5) is 38.6. The van der Waals surface area contributed by atoms with E-state index in [4.69, 9.17) is 24.0 Å². The maximum absolute atomic E-state index is 12.3. The zero-order chi connectivity index (χ0) is 19.8. The van der Waals surface area contributed by atoms with Crippen LogP contribution in [0.4, 0.5) is 0 Å². The highest BCUT2D eigenvalue weighted by molar-refractivity contribution is 6.80. The fraction of sp³-hybridized carbons (Fsp3) is 0.579. The highest BCUT2D eigenvalue weighted by atomic mass is 28.4. The Hall–Kier alpha value is -1.78. The number of aryl methyl sites for hydroxylation is 1. The zero-order valence-corrected chi connectivity index (χ0v) is 17.5. The van der Waals surface area contributed by atoms with E-state index in [1.54, 1.807) is 6.92 Å². The van der Waals surface area contributed by atoms with Gasteiger partial charge in [-0.05, 0) is 24.6 Å². The number of fused-ring (bicyclic) bond motifs is 1. The second-order valence-corrected chi connectivity index (χ2v) is 11.1. The molecule has 2 aliphatic heterocycles. The van der Waals surface area contributed by atoms with Gasteiger partial charge in [0, 0.05) is 25.8 Å². The lowest BCUT2D eigenvalue weighted by Crippen LogP contribution is -2.65. The van der Waals surface area contributed by atoms with E-state index in [-0.39, 0.29) is 12.4 Å². The third-order valence-corrected chi connectivity index (χ3v) is 10.9. The van der Waals surface area contributed by atoms with Crippen molar-refractivity contribution in [1.82, 2.24) is 9.55 Å². The van der Waals surface area contributed by atoms with E-state index in [0.29, 0.717) is 18.9 Å². The van der Waals surface area contributed by atoms with Gasteiger partial charge in [0.2, 0.25) is 0 Å². The van der Waals surface area contributed by atoms with Crippen LogP contribution in [0.25, 0.3) is 11.0 Å². The predicted molar refractivity (Wildman–Crippen MR) is 102 cm³/mol. The number of hydrogen-bond acceptors (Lipinski definition) is 7. The first-order valence-corrected chi connectivity index (χ1v) is 12.0. The fourth-order valence-electron chi connectivity index (χ4n) is 4.01. The van der Waals surface area contributed by atoms with Crippen LogP contribution in [0.1, 0.15) is 46.5 Å². The number of rotatable bonds is 10. The number of carbonyl (C=O) groups is 1. The maximum atomic E-state index is 12.3. The molecule has 152 valence electrons. The summed E-state index contributed by atoms with van der Waals surface area (Å²) in [5.74, 6) is -0.279. The second kappa shape index (κ2) is 7.23. The van der Waals surface area contributed by atoms with Gasteiger partial charge in [0.05, 0.1) is 17.4 Å². The Morgan fingerprint density at radius 2 is 1.75 bits per heavy atom. The summed E-state index contributed by atoms with van der Waals surface area (Å²) in [6.45, 7) is 6.44. The van der Waals surface area contributed by atoms with Crippen LogP contribution >= 0.6 is 0 Å². The summed E-state index contributed by atoms with van der Waals surface area (Å²) < 4.78 is 8.21. The van der Waals surface area contributed by atoms with Crippen LogP contribution in [0.3, 0.4) is 0 Å². The van der Waals surface area contributed by atoms with Crippen molar-refractivity contribution in [3.63, 3.8) is 0 Å². The van der Waals surface area contributed by atoms with Crippen molar-refractivity contribution in [2.45, 2.75) is 69.9 Å². The lowest BCUT2D eigenvalue weighted by Gasteiger charge is -2.34. The lowest BCUT2D eigenvalue weighted by molar-refractivity contribution is -0.135. The summed E-state index contributed by atoms with van der Waals surface area (Å²) in [6, 6.07) is 8.61. The Balaban J connectivity index is 1.59. The number of carbonyl (C=O) groups excluding carboxylic acids is 1. The molecule has 0 amide bonds. The van der Waals surface area contributed by atoms with Crippen molar-refractivity contribution in [2.75, 3.05) is 0 Å². The first kappa shape index (κ1) is 19.5. The van der Waals surface area contributed by atoms with E-state index in [9.17, 15) is 4.79 Å². The monoisotopic (exact) mass is 406 g/mol. The number of para-hydroxylation sites is 2. The normalized spacial score (nSPS) is 19.5. The maximum Gasteiger partial charge on any atom is 0.391 e. The minimum Gasteiger partial charge on any atom is -0.507 e. The van der Waals surface area contributed by atoms with Crippen LogP contribution in [-0.2, 0) is 35.3 Å². The number of nitrogens with zero attached hydrogens (tertiary/aromatic N) is 2. The van der Waals surface area contributed by atoms with Crippen molar-refractivity contribution in [3.05, 3.63) is 30.6 Å². The Morgan fingerprint density at radius 1 is 1.11 bits per heavy atom. The smallest absolute Gasteiger partial charge is 0.391 e. The van der Waals surface area contributed by atoms with Gasteiger partial charge >= 0.3 is 8.32 Å². The fourth-order valence-corrected chi connectivity index (χ4v) is 8.72. The summed E-state index contributed by atoms with van der Waals surface area (Å²) in [7, 11) is -3.09. The molecule has 2 saturated heterocycles. The molecule has 1 aromatic heterocycles.